The van der Waals surface area contributed by atoms with Crippen molar-refractivity contribution in [3.63, 3.8) is 0 Å². The van der Waals surface area contributed by atoms with Gasteiger partial charge in [0, 0.05) is 17.3 Å². The Morgan fingerprint density at radius 2 is 2.09 bits per heavy atom. The molecule has 0 aromatic carbocycles. The van der Waals surface area contributed by atoms with E-state index in [2.05, 4.69) is 0 Å². The lowest BCUT2D eigenvalue weighted by molar-refractivity contribution is -0.535. The summed E-state index contributed by atoms with van der Waals surface area (Å²) in [6.07, 6.45) is 5.05. The molecule has 0 aliphatic heterocycles. The van der Waals surface area contributed by atoms with E-state index in [1.807, 2.05) is 6.92 Å². The zero-order chi connectivity index (χ0) is 8.27. The normalized spacial score (nSPS) is 31.7. The van der Waals surface area contributed by atoms with Crippen LogP contribution in [0.1, 0.15) is 39.0 Å². The Bertz CT molecular complexity index is 147. The predicted octanol–water partition coefficient (Wildman–Crippen LogP) is 2.23. The summed E-state index contributed by atoms with van der Waals surface area (Å²) in [5, 5.41) is 10.5. The molecule has 3 nitrogen and oxygen atoms in total. The zero-order valence-electron chi connectivity index (χ0n) is 6.95. The zero-order valence-corrected chi connectivity index (χ0v) is 6.95. The van der Waals surface area contributed by atoms with Gasteiger partial charge in [-0.2, -0.15) is 0 Å². The first kappa shape index (κ1) is 8.50. The molecular weight excluding hydrogens is 142 g/mol. The lowest BCUT2D eigenvalue weighted by Crippen LogP contribution is -2.31. The quantitative estimate of drug-likeness (QED) is 0.455. The van der Waals surface area contributed by atoms with E-state index in [-0.39, 0.29) is 11.0 Å². The summed E-state index contributed by atoms with van der Waals surface area (Å²) in [5.41, 5.74) is 0. The van der Waals surface area contributed by atoms with Crippen molar-refractivity contribution >= 4 is 0 Å². The summed E-state index contributed by atoms with van der Waals surface area (Å²) in [4.78, 5) is 10.4. The van der Waals surface area contributed by atoms with E-state index in [1.54, 1.807) is 0 Å². The number of hydrogen-bond acceptors (Lipinski definition) is 2. The average molecular weight is 157 g/mol. The van der Waals surface area contributed by atoms with Crippen LogP contribution in [0.5, 0.6) is 0 Å². The summed E-state index contributed by atoms with van der Waals surface area (Å²) in [6.45, 7) is 2.05. The lowest BCUT2D eigenvalue weighted by Gasteiger charge is -2.23. The summed E-state index contributed by atoms with van der Waals surface area (Å²) in [7, 11) is 0. The molecule has 0 saturated heterocycles. The number of nitro groups is 1. The molecule has 3 heteroatoms. The minimum absolute atomic E-state index is 0.0900. The molecule has 1 aliphatic rings. The first-order valence-electron chi connectivity index (χ1n) is 4.39. The molecule has 0 spiro atoms. The highest BCUT2D eigenvalue weighted by atomic mass is 16.6. The fourth-order valence-corrected chi connectivity index (χ4v) is 1.94. The van der Waals surface area contributed by atoms with Crippen molar-refractivity contribution in [1.29, 1.82) is 0 Å². The molecule has 1 rings (SSSR count). The summed E-state index contributed by atoms with van der Waals surface area (Å²) in [5.74, 6) is 0.346. The third-order valence-corrected chi connectivity index (χ3v) is 2.66. The maximum absolute atomic E-state index is 10.5. The molecule has 2 unspecified atom stereocenters. The van der Waals surface area contributed by atoms with Gasteiger partial charge in [-0.15, -0.1) is 0 Å². The Morgan fingerprint density at radius 3 is 2.55 bits per heavy atom. The van der Waals surface area contributed by atoms with Gasteiger partial charge in [-0.1, -0.05) is 13.3 Å². The third-order valence-electron chi connectivity index (χ3n) is 2.66. The summed E-state index contributed by atoms with van der Waals surface area (Å²) < 4.78 is 0. The number of nitrogens with zero attached hydrogens (tertiary/aromatic N) is 1. The highest BCUT2D eigenvalue weighted by molar-refractivity contribution is 4.73. The van der Waals surface area contributed by atoms with Crippen LogP contribution >= 0.6 is 0 Å². The highest BCUT2D eigenvalue weighted by Crippen LogP contribution is 2.28. The van der Waals surface area contributed by atoms with Gasteiger partial charge in [0.05, 0.1) is 0 Å². The van der Waals surface area contributed by atoms with Crippen molar-refractivity contribution in [1.82, 2.24) is 0 Å². The van der Waals surface area contributed by atoms with Crippen LogP contribution in [0.15, 0.2) is 0 Å². The summed E-state index contributed by atoms with van der Waals surface area (Å²) in [6, 6.07) is -0.242. The third kappa shape index (κ3) is 1.91. The van der Waals surface area contributed by atoms with E-state index in [4.69, 9.17) is 0 Å². The highest BCUT2D eigenvalue weighted by Gasteiger charge is 2.32. The molecule has 1 saturated carbocycles. The smallest absolute Gasteiger partial charge is 0.215 e. The monoisotopic (exact) mass is 157 g/mol. The van der Waals surface area contributed by atoms with Gasteiger partial charge in [0.25, 0.3) is 0 Å². The number of rotatable bonds is 2. The van der Waals surface area contributed by atoms with Crippen molar-refractivity contribution in [2.45, 2.75) is 45.1 Å². The van der Waals surface area contributed by atoms with Gasteiger partial charge >= 0.3 is 0 Å². The van der Waals surface area contributed by atoms with Crippen molar-refractivity contribution < 1.29 is 4.92 Å². The van der Waals surface area contributed by atoms with Crippen LogP contribution in [0.25, 0.3) is 0 Å². The van der Waals surface area contributed by atoms with Crippen LogP contribution < -0.4 is 0 Å². The van der Waals surface area contributed by atoms with Gasteiger partial charge in [-0.05, 0) is 19.3 Å². The molecule has 0 bridgehead atoms. The van der Waals surface area contributed by atoms with Gasteiger partial charge in [0.2, 0.25) is 6.04 Å². The van der Waals surface area contributed by atoms with E-state index in [0.29, 0.717) is 5.92 Å². The molecule has 2 atom stereocenters. The van der Waals surface area contributed by atoms with E-state index in [0.717, 1.165) is 25.7 Å². The van der Waals surface area contributed by atoms with E-state index >= 15 is 0 Å². The Hall–Kier alpha value is -0.600. The van der Waals surface area contributed by atoms with Gasteiger partial charge in [0.15, 0.2) is 0 Å². The predicted molar refractivity (Wildman–Crippen MR) is 43.0 cm³/mol. The van der Waals surface area contributed by atoms with E-state index in [9.17, 15) is 10.1 Å². The SMILES string of the molecule is CCC1CCCCC1[N+](=O)[O-]. The first-order valence-corrected chi connectivity index (χ1v) is 4.39. The van der Waals surface area contributed by atoms with Crippen molar-refractivity contribution in [2.75, 3.05) is 0 Å². The van der Waals surface area contributed by atoms with Crippen LogP contribution in [0.3, 0.4) is 0 Å². The van der Waals surface area contributed by atoms with E-state index in [1.165, 1.54) is 6.42 Å². The van der Waals surface area contributed by atoms with E-state index < -0.39 is 0 Å². The van der Waals surface area contributed by atoms with Gasteiger partial charge in [-0.3, -0.25) is 10.1 Å². The van der Waals surface area contributed by atoms with Crippen molar-refractivity contribution in [3.8, 4) is 0 Å². The Kier molecular flexibility index (Phi) is 2.85. The molecule has 64 valence electrons. The van der Waals surface area contributed by atoms with Crippen LogP contribution in [-0.4, -0.2) is 11.0 Å². The molecule has 1 fully saturated rings. The molecule has 0 N–H and O–H groups in total. The molecule has 11 heavy (non-hydrogen) atoms. The van der Waals surface area contributed by atoms with Crippen LogP contribution in [0.2, 0.25) is 0 Å². The number of hydrogen-bond donors (Lipinski definition) is 0. The average Bonchev–Trinajstić information content (AvgIpc) is 2.04. The van der Waals surface area contributed by atoms with Gasteiger partial charge in [-0.25, -0.2) is 0 Å². The van der Waals surface area contributed by atoms with Crippen molar-refractivity contribution in [3.05, 3.63) is 10.1 Å². The fourth-order valence-electron chi connectivity index (χ4n) is 1.94. The molecular formula is C8H15NO2. The molecule has 1 aliphatic carbocycles. The minimum Gasteiger partial charge on any atom is -0.264 e. The fraction of sp³-hybridized carbons (Fsp3) is 1.00. The summed E-state index contributed by atoms with van der Waals surface area (Å²) >= 11 is 0. The molecule has 0 aromatic heterocycles. The molecule has 0 radical (unpaired) electrons. The van der Waals surface area contributed by atoms with Crippen LogP contribution in [-0.2, 0) is 0 Å². The standard InChI is InChI=1S/C8H15NO2/c1-2-7-5-3-4-6-8(7)9(10)11/h7-8H,2-6H2,1H3. The molecule has 0 heterocycles. The second kappa shape index (κ2) is 3.69. The maximum Gasteiger partial charge on any atom is 0.215 e. The van der Waals surface area contributed by atoms with Gasteiger partial charge < -0.3 is 0 Å². The molecule has 0 amide bonds. The van der Waals surface area contributed by atoms with Gasteiger partial charge in [0.1, 0.15) is 0 Å². The van der Waals surface area contributed by atoms with Crippen LogP contribution in [0, 0.1) is 16.0 Å². The lowest BCUT2D eigenvalue weighted by atomic mass is 9.83. The van der Waals surface area contributed by atoms with Crippen LogP contribution in [0.4, 0.5) is 0 Å². The second-order valence-corrected chi connectivity index (χ2v) is 3.31. The minimum atomic E-state index is -0.242. The Balaban J connectivity index is 2.51. The second-order valence-electron chi connectivity index (χ2n) is 3.31. The topological polar surface area (TPSA) is 43.1 Å². The van der Waals surface area contributed by atoms with Crippen molar-refractivity contribution in [2.24, 2.45) is 5.92 Å². The maximum atomic E-state index is 10.5. The largest absolute Gasteiger partial charge is 0.264 e. The Labute approximate surface area is 66.9 Å². The Morgan fingerprint density at radius 1 is 1.45 bits per heavy atom. The molecule has 0 aromatic rings. The first-order chi connectivity index (χ1) is 5.25.